The Morgan fingerprint density at radius 1 is 0.769 bits per heavy atom. The van der Waals surface area contributed by atoms with Crippen LogP contribution in [0, 0.1) is 0 Å². The maximum atomic E-state index is 8.07. The minimum Gasteiger partial charge on any atom is -1.00 e. The average Bonchev–Trinajstić information content (AvgIpc) is 1.93. The maximum Gasteiger partial charge on any atom is 2.00 e. The summed E-state index contributed by atoms with van der Waals surface area (Å²) in [5, 5.41) is 16.1. The Labute approximate surface area is 122 Å². The van der Waals surface area contributed by atoms with Crippen LogP contribution in [-0.4, -0.2) is 23.4 Å². The maximum absolute atomic E-state index is 8.07. The summed E-state index contributed by atoms with van der Waals surface area (Å²) < 4.78 is 0. The van der Waals surface area contributed by atoms with Crippen molar-refractivity contribution in [1.82, 2.24) is 0 Å². The van der Waals surface area contributed by atoms with Crippen LogP contribution < -0.4 is 34.0 Å². The zero-order valence-corrected chi connectivity index (χ0v) is 14.0. The Hall–Kier alpha value is 1.76. The molecule has 2 N–H and O–H groups in total. The number of aliphatic hydroxyl groups excluding tert-OH is 2. The minimum atomic E-state index is 0. The Kier molecular flexibility index (Phi) is 84.0. The standard InChI is InChI=1S/2C4H10O.2BrH.Zr/c2*1-2-3-4-5;;;/h2*5H,2-4H2,1H3;2*1H;/q;;;;+2/p-2. The van der Waals surface area contributed by atoms with E-state index in [1.165, 1.54) is 0 Å². The van der Waals surface area contributed by atoms with Gasteiger partial charge in [0.2, 0.25) is 0 Å². The molecule has 5 heteroatoms. The van der Waals surface area contributed by atoms with Crippen molar-refractivity contribution in [1.29, 1.82) is 0 Å². The third kappa shape index (κ3) is 57.3. The van der Waals surface area contributed by atoms with E-state index in [1.54, 1.807) is 0 Å². The van der Waals surface area contributed by atoms with Crippen molar-refractivity contribution in [2.45, 2.75) is 39.5 Å². The Bertz CT molecular complexity index is 41.1. The largest absolute Gasteiger partial charge is 2.00 e. The first kappa shape index (κ1) is 29.3. The summed E-state index contributed by atoms with van der Waals surface area (Å²) in [4.78, 5) is 0. The second kappa shape index (κ2) is 37.2. The Morgan fingerprint density at radius 3 is 1.00 bits per heavy atom. The molecule has 0 unspecified atom stereocenters. The molecule has 0 saturated carbocycles. The quantitative estimate of drug-likeness (QED) is 0.501. The van der Waals surface area contributed by atoms with Gasteiger partial charge < -0.3 is 44.2 Å². The first-order valence-electron chi connectivity index (χ1n) is 4.05. The van der Waals surface area contributed by atoms with Gasteiger partial charge in [0.1, 0.15) is 0 Å². The molecule has 0 aromatic rings. The van der Waals surface area contributed by atoms with Crippen LogP contribution in [0.5, 0.6) is 0 Å². The normalized spacial score (nSPS) is 6.46. The van der Waals surface area contributed by atoms with Gasteiger partial charge >= 0.3 is 26.2 Å². The van der Waals surface area contributed by atoms with E-state index in [2.05, 4.69) is 13.8 Å². The average molecular weight is 399 g/mol. The molecule has 82 valence electrons. The second-order valence-electron chi connectivity index (χ2n) is 2.15. The van der Waals surface area contributed by atoms with Crippen LogP contribution in [0.15, 0.2) is 0 Å². The molecule has 0 saturated heterocycles. The number of rotatable bonds is 4. The monoisotopic (exact) mass is 396 g/mol. The molecule has 0 heterocycles. The first-order valence-corrected chi connectivity index (χ1v) is 4.05. The number of aliphatic hydroxyl groups is 2. The van der Waals surface area contributed by atoms with Crippen molar-refractivity contribution in [2.75, 3.05) is 13.2 Å². The molecular formula is C8H20Br2O2Zr. The van der Waals surface area contributed by atoms with Gasteiger partial charge in [0, 0.05) is 13.2 Å². The van der Waals surface area contributed by atoms with E-state index in [0.29, 0.717) is 13.2 Å². The summed E-state index contributed by atoms with van der Waals surface area (Å²) in [6, 6.07) is 0. The number of unbranched alkanes of at least 4 members (excludes halogenated alkanes) is 2. The molecule has 0 aliphatic carbocycles. The molecule has 0 rings (SSSR count). The van der Waals surface area contributed by atoms with E-state index in [9.17, 15) is 0 Å². The van der Waals surface area contributed by atoms with Crippen molar-refractivity contribution < 1.29 is 70.4 Å². The van der Waals surface area contributed by atoms with E-state index < -0.39 is 0 Å². The van der Waals surface area contributed by atoms with Crippen LogP contribution in [0.3, 0.4) is 0 Å². The minimum absolute atomic E-state index is 0. The van der Waals surface area contributed by atoms with Gasteiger partial charge in [-0.15, -0.1) is 0 Å². The Morgan fingerprint density at radius 2 is 1.00 bits per heavy atom. The molecular weight excluding hydrogens is 379 g/mol. The molecule has 0 fully saturated rings. The van der Waals surface area contributed by atoms with Crippen LogP contribution in [-0.2, 0) is 26.2 Å². The molecule has 13 heavy (non-hydrogen) atoms. The van der Waals surface area contributed by atoms with Crippen LogP contribution >= 0.6 is 0 Å². The van der Waals surface area contributed by atoms with Gasteiger partial charge in [-0.3, -0.25) is 0 Å². The predicted octanol–water partition coefficient (Wildman–Crippen LogP) is -4.44. The van der Waals surface area contributed by atoms with Crippen molar-refractivity contribution in [3.8, 4) is 0 Å². The Balaban J connectivity index is -0.0000000267. The van der Waals surface area contributed by atoms with Gasteiger partial charge in [0.05, 0.1) is 0 Å². The van der Waals surface area contributed by atoms with Crippen molar-refractivity contribution in [2.24, 2.45) is 0 Å². The van der Waals surface area contributed by atoms with E-state index in [0.717, 1.165) is 25.7 Å². The molecule has 0 atom stereocenters. The number of hydrogen-bond donors (Lipinski definition) is 2. The van der Waals surface area contributed by atoms with Crippen molar-refractivity contribution >= 4 is 0 Å². The fourth-order valence-corrected chi connectivity index (χ4v) is 0.316. The third-order valence-corrected chi connectivity index (χ3v) is 1.02. The molecule has 0 radical (unpaired) electrons. The topological polar surface area (TPSA) is 40.5 Å². The van der Waals surface area contributed by atoms with Gasteiger partial charge in [-0.1, -0.05) is 26.7 Å². The van der Waals surface area contributed by atoms with Gasteiger partial charge in [-0.05, 0) is 12.8 Å². The van der Waals surface area contributed by atoms with Crippen LogP contribution in [0.25, 0.3) is 0 Å². The molecule has 0 spiro atoms. The van der Waals surface area contributed by atoms with Crippen molar-refractivity contribution in [3.63, 3.8) is 0 Å². The molecule has 0 aromatic carbocycles. The predicted molar refractivity (Wildman–Crippen MR) is 44.0 cm³/mol. The molecule has 0 aliphatic rings. The SMILES string of the molecule is CCCCO.CCCCO.[Br-].[Br-].[Zr+2]. The van der Waals surface area contributed by atoms with Gasteiger partial charge in [0.25, 0.3) is 0 Å². The van der Waals surface area contributed by atoms with Crippen LogP contribution in [0.2, 0.25) is 0 Å². The zero-order chi connectivity index (χ0) is 8.24. The van der Waals surface area contributed by atoms with Crippen LogP contribution in [0.1, 0.15) is 39.5 Å². The summed E-state index contributed by atoms with van der Waals surface area (Å²) in [6.07, 6.45) is 4.08. The van der Waals surface area contributed by atoms with E-state index >= 15 is 0 Å². The number of hydrogen-bond acceptors (Lipinski definition) is 2. The van der Waals surface area contributed by atoms with E-state index in [4.69, 9.17) is 10.2 Å². The third-order valence-electron chi connectivity index (χ3n) is 1.02. The molecule has 0 aromatic heterocycles. The zero-order valence-electron chi connectivity index (χ0n) is 8.39. The van der Waals surface area contributed by atoms with E-state index in [1.807, 2.05) is 0 Å². The van der Waals surface area contributed by atoms with Gasteiger partial charge in [0.15, 0.2) is 0 Å². The van der Waals surface area contributed by atoms with Crippen molar-refractivity contribution in [3.05, 3.63) is 0 Å². The molecule has 0 amide bonds. The van der Waals surface area contributed by atoms with Crippen LogP contribution in [0.4, 0.5) is 0 Å². The van der Waals surface area contributed by atoms with Gasteiger partial charge in [-0.2, -0.15) is 0 Å². The first-order chi connectivity index (χ1) is 4.83. The molecule has 0 aliphatic heterocycles. The smallest absolute Gasteiger partial charge is 1.00 e. The summed E-state index contributed by atoms with van der Waals surface area (Å²) >= 11 is 0. The summed E-state index contributed by atoms with van der Waals surface area (Å²) in [6.45, 7) is 4.79. The number of halogens is 2. The molecule has 0 bridgehead atoms. The summed E-state index contributed by atoms with van der Waals surface area (Å²) in [5.41, 5.74) is 0. The summed E-state index contributed by atoms with van der Waals surface area (Å²) in [7, 11) is 0. The fourth-order valence-electron chi connectivity index (χ4n) is 0.316. The fraction of sp³-hybridized carbons (Fsp3) is 1.00. The summed E-state index contributed by atoms with van der Waals surface area (Å²) in [5.74, 6) is 0. The van der Waals surface area contributed by atoms with Gasteiger partial charge in [-0.25, -0.2) is 0 Å². The van der Waals surface area contributed by atoms with E-state index in [-0.39, 0.29) is 60.2 Å². The second-order valence-corrected chi connectivity index (χ2v) is 2.15. The molecule has 2 nitrogen and oxygen atoms in total.